The molecule has 0 bridgehead atoms. The molecule has 0 unspecified atom stereocenters. The van der Waals surface area contributed by atoms with Gasteiger partial charge in [-0.2, -0.15) is 0 Å². The average molecular weight is 304 g/mol. The number of ether oxygens (including phenoxy) is 1. The van der Waals surface area contributed by atoms with Gasteiger partial charge in [-0.1, -0.05) is 5.16 Å². The summed E-state index contributed by atoms with van der Waals surface area (Å²) in [5.74, 6) is -0.461. The molecule has 0 radical (unpaired) electrons. The maximum absolute atomic E-state index is 11.7. The van der Waals surface area contributed by atoms with Crippen molar-refractivity contribution in [2.24, 2.45) is 0 Å². The Morgan fingerprint density at radius 1 is 1.27 bits per heavy atom. The van der Waals surface area contributed by atoms with Crippen molar-refractivity contribution in [3.8, 4) is 11.5 Å². The van der Waals surface area contributed by atoms with Crippen LogP contribution in [0.4, 0.5) is 0 Å². The fourth-order valence-corrected chi connectivity index (χ4v) is 2.04. The van der Waals surface area contributed by atoms with E-state index in [2.05, 4.69) is 5.16 Å². The lowest BCUT2D eigenvalue weighted by Crippen LogP contribution is -2.35. The highest BCUT2D eigenvalue weighted by atomic mass is 16.5. The summed E-state index contributed by atoms with van der Waals surface area (Å²) in [5.41, 5.74) is 0.402. The van der Waals surface area contributed by atoms with Crippen molar-refractivity contribution in [3.05, 3.63) is 30.2 Å². The largest absolute Gasteiger partial charge is 0.461 e. The standard InChI is InChI=1S/C14H12N2O6/c17-12-3-4-13(18)16(12)7-14(19)21-8-9-6-11(22-15-9)10-2-1-5-20-10/h1-2,5-6H,3-4,7-8H2. The van der Waals surface area contributed by atoms with E-state index in [-0.39, 0.29) is 37.8 Å². The molecule has 2 aromatic heterocycles. The second-order valence-corrected chi connectivity index (χ2v) is 4.69. The average Bonchev–Trinajstić information content (AvgIpc) is 3.22. The zero-order valence-corrected chi connectivity index (χ0v) is 11.5. The highest BCUT2D eigenvalue weighted by Gasteiger charge is 2.30. The first-order valence-electron chi connectivity index (χ1n) is 6.62. The molecule has 0 aromatic carbocycles. The van der Waals surface area contributed by atoms with Gasteiger partial charge in [-0.25, -0.2) is 0 Å². The van der Waals surface area contributed by atoms with Crippen molar-refractivity contribution in [2.75, 3.05) is 6.54 Å². The lowest BCUT2D eigenvalue weighted by atomic mass is 10.3. The summed E-state index contributed by atoms with van der Waals surface area (Å²) >= 11 is 0. The monoisotopic (exact) mass is 304 g/mol. The SMILES string of the molecule is O=C(CN1C(=O)CCC1=O)OCc1cc(-c2ccco2)on1. The maximum Gasteiger partial charge on any atom is 0.326 e. The van der Waals surface area contributed by atoms with Crippen molar-refractivity contribution in [1.29, 1.82) is 0 Å². The number of carbonyl (C=O) groups is 3. The summed E-state index contributed by atoms with van der Waals surface area (Å²) in [6, 6.07) is 5.00. The highest BCUT2D eigenvalue weighted by Crippen LogP contribution is 2.20. The molecule has 22 heavy (non-hydrogen) atoms. The number of nitrogens with zero attached hydrogens (tertiary/aromatic N) is 2. The summed E-state index contributed by atoms with van der Waals surface area (Å²) in [6.07, 6.45) is 1.78. The van der Waals surface area contributed by atoms with Crippen LogP contribution in [0.3, 0.4) is 0 Å². The number of amides is 2. The van der Waals surface area contributed by atoms with Crippen LogP contribution in [-0.2, 0) is 25.7 Å². The van der Waals surface area contributed by atoms with Gasteiger partial charge < -0.3 is 13.7 Å². The summed E-state index contributed by atoms with van der Waals surface area (Å²) in [5, 5.41) is 3.75. The van der Waals surface area contributed by atoms with E-state index in [0.717, 1.165) is 4.90 Å². The van der Waals surface area contributed by atoms with Gasteiger partial charge in [0.05, 0.1) is 6.26 Å². The predicted octanol–water partition coefficient (Wildman–Crippen LogP) is 1.13. The number of likely N-dealkylation sites (tertiary alicyclic amines) is 1. The van der Waals surface area contributed by atoms with Crippen LogP contribution in [0, 0.1) is 0 Å². The van der Waals surface area contributed by atoms with Gasteiger partial charge in [0.15, 0.2) is 5.76 Å². The number of imide groups is 1. The molecule has 3 rings (SSSR count). The molecule has 1 fully saturated rings. The summed E-state index contributed by atoms with van der Waals surface area (Å²) in [7, 11) is 0. The Hall–Kier alpha value is -2.90. The summed E-state index contributed by atoms with van der Waals surface area (Å²) in [4.78, 5) is 35.3. The molecule has 8 nitrogen and oxygen atoms in total. The summed E-state index contributed by atoms with van der Waals surface area (Å²) in [6.45, 7) is -0.486. The number of hydrogen-bond donors (Lipinski definition) is 0. The Bertz CT molecular complexity index is 687. The zero-order valence-electron chi connectivity index (χ0n) is 11.5. The lowest BCUT2D eigenvalue weighted by molar-refractivity contribution is -0.153. The molecule has 1 saturated heterocycles. The Balaban J connectivity index is 1.53. The molecule has 0 saturated carbocycles. The fourth-order valence-electron chi connectivity index (χ4n) is 2.04. The van der Waals surface area contributed by atoms with Gasteiger partial charge in [0, 0.05) is 18.9 Å². The quantitative estimate of drug-likeness (QED) is 0.602. The highest BCUT2D eigenvalue weighted by molar-refractivity contribution is 6.04. The molecule has 2 aromatic rings. The van der Waals surface area contributed by atoms with E-state index in [0.29, 0.717) is 17.2 Å². The summed E-state index contributed by atoms with van der Waals surface area (Å²) < 4.78 is 15.2. The van der Waals surface area contributed by atoms with Crippen LogP contribution in [0.2, 0.25) is 0 Å². The number of carbonyl (C=O) groups excluding carboxylic acids is 3. The van der Waals surface area contributed by atoms with Crippen LogP contribution in [0.5, 0.6) is 0 Å². The predicted molar refractivity (Wildman–Crippen MR) is 70.0 cm³/mol. The molecule has 0 N–H and O–H groups in total. The van der Waals surface area contributed by atoms with E-state index in [1.54, 1.807) is 18.2 Å². The Morgan fingerprint density at radius 2 is 2.05 bits per heavy atom. The number of rotatable bonds is 5. The van der Waals surface area contributed by atoms with E-state index in [1.165, 1.54) is 6.26 Å². The molecule has 2 amide bonds. The number of aromatic nitrogens is 1. The first-order chi connectivity index (χ1) is 10.6. The third-order valence-electron chi connectivity index (χ3n) is 3.15. The van der Waals surface area contributed by atoms with Gasteiger partial charge >= 0.3 is 5.97 Å². The van der Waals surface area contributed by atoms with Gasteiger partial charge in [-0.3, -0.25) is 19.3 Å². The Kier molecular flexibility index (Phi) is 3.73. The van der Waals surface area contributed by atoms with Crippen molar-refractivity contribution in [3.63, 3.8) is 0 Å². The van der Waals surface area contributed by atoms with E-state index in [9.17, 15) is 14.4 Å². The fraction of sp³-hybridized carbons (Fsp3) is 0.286. The van der Waals surface area contributed by atoms with Gasteiger partial charge in [0.1, 0.15) is 18.8 Å². The van der Waals surface area contributed by atoms with Gasteiger partial charge in [0.2, 0.25) is 17.6 Å². The van der Waals surface area contributed by atoms with Crippen LogP contribution in [0.1, 0.15) is 18.5 Å². The molecule has 0 aliphatic carbocycles. The third kappa shape index (κ3) is 2.90. The minimum absolute atomic E-state index is 0.112. The van der Waals surface area contributed by atoms with Crippen LogP contribution in [0.25, 0.3) is 11.5 Å². The molecule has 8 heteroatoms. The minimum Gasteiger partial charge on any atom is -0.461 e. The Labute approximate surface area is 124 Å². The third-order valence-corrected chi connectivity index (χ3v) is 3.15. The van der Waals surface area contributed by atoms with E-state index in [4.69, 9.17) is 13.7 Å². The van der Waals surface area contributed by atoms with Crippen molar-refractivity contribution in [2.45, 2.75) is 19.4 Å². The second kappa shape index (κ2) is 5.84. The number of hydrogen-bond acceptors (Lipinski definition) is 7. The second-order valence-electron chi connectivity index (χ2n) is 4.69. The molecule has 1 aliphatic heterocycles. The van der Waals surface area contributed by atoms with Crippen LogP contribution < -0.4 is 0 Å². The number of furan rings is 1. The minimum atomic E-state index is -0.675. The molecule has 0 atom stereocenters. The first-order valence-corrected chi connectivity index (χ1v) is 6.62. The molecule has 0 spiro atoms. The van der Waals surface area contributed by atoms with Crippen molar-refractivity contribution < 1.29 is 28.1 Å². The van der Waals surface area contributed by atoms with Gasteiger partial charge in [0.25, 0.3) is 0 Å². The topological polar surface area (TPSA) is 103 Å². The van der Waals surface area contributed by atoms with Gasteiger partial charge in [-0.05, 0) is 12.1 Å². The molecular formula is C14H12N2O6. The first kappa shape index (κ1) is 14.1. The molecule has 114 valence electrons. The zero-order chi connectivity index (χ0) is 15.5. The normalized spacial score (nSPS) is 14.6. The van der Waals surface area contributed by atoms with Crippen LogP contribution in [-0.4, -0.2) is 34.4 Å². The molecular weight excluding hydrogens is 292 g/mol. The smallest absolute Gasteiger partial charge is 0.326 e. The van der Waals surface area contributed by atoms with Gasteiger partial charge in [-0.15, -0.1) is 0 Å². The van der Waals surface area contributed by atoms with Crippen LogP contribution >= 0.6 is 0 Å². The van der Waals surface area contributed by atoms with Crippen LogP contribution in [0.15, 0.2) is 33.4 Å². The molecule has 3 heterocycles. The number of esters is 1. The molecule has 1 aliphatic rings. The van der Waals surface area contributed by atoms with E-state index in [1.807, 2.05) is 0 Å². The maximum atomic E-state index is 11.7. The van der Waals surface area contributed by atoms with E-state index >= 15 is 0 Å². The van der Waals surface area contributed by atoms with Crippen molar-refractivity contribution >= 4 is 17.8 Å². The Morgan fingerprint density at radius 3 is 2.73 bits per heavy atom. The van der Waals surface area contributed by atoms with E-state index < -0.39 is 5.97 Å². The lowest BCUT2D eigenvalue weighted by Gasteiger charge is -2.12. The van der Waals surface area contributed by atoms with Crippen molar-refractivity contribution in [1.82, 2.24) is 10.1 Å².